The molecule has 1 aliphatic rings. The van der Waals surface area contributed by atoms with Gasteiger partial charge in [-0.1, -0.05) is 26.8 Å². The molecule has 0 radical (unpaired) electrons. The molecule has 0 atom stereocenters. The van der Waals surface area contributed by atoms with Gasteiger partial charge in [-0.05, 0) is 80.9 Å². The van der Waals surface area contributed by atoms with Crippen molar-refractivity contribution in [2.24, 2.45) is 0 Å². The quantitative estimate of drug-likeness (QED) is 0.677. The number of rotatable bonds is 4. The first-order valence-corrected chi connectivity index (χ1v) is 12.0. The molecule has 1 aromatic carbocycles. The first-order valence-electron chi connectivity index (χ1n) is 9.09. The lowest BCUT2D eigenvalue weighted by atomic mass is 9.93. The topological polar surface area (TPSA) is 21.3 Å². The highest BCUT2D eigenvalue weighted by atomic mass is 28.4. The van der Waals surface area contributed by atoms with E-state index >= 15 is 0 Å². The minimum absolute atomic E-state index is 0.307. The Kier molecular flexibility index (Phi) is 5.62. The molecule has 0 unspecified atom stereocenters. The molecular formula is C20H35NOSi. The summed E-state index contributed by atoms with van der Waals surface area (Å²) in [6.07, 6.45) is 5.27. The molecule has 2 rings (SSSR count). The van der Waals surface area contributed by atoms with E-state index in [1.807, 2.05) is 0 Å². The monoisotopic (exact) mass is 333 g/mol. The van der Waals surface area contributed by atoms with Crippen LogP contribution in [0.2, 0.25) is 18.1 Å². The Morgan fingerprint density at radius 2 is 1.48 bits per heavy atom. The third-order valence-corrected chi connectivity index (χ3v) is 10.1. The Hall–Kier alpha value is -0.803. The van der Waals surface area contributed by atoms with Crippen LogP contribution in [0.5, 0.6) is 0 Å². The fraction of sp³-hybridized carbons (Fsp3) is 0.700. The van der Waals surface area contributed by atoms with E-state index in [1.165, 1.54) is 42.5 Å². The zero-order valence-electron chi connectivity index (χ0n) is 16.1. The van der Waals surface area contributed by atoms with Crippen LogP contribution < -0.4 is 5.32 Å². The lowest BCUT2D eigenvalue weighted by molar-refractivity contribution is 0.133. The van der Waals surface area contributed by atoms with E-state index in [1.54, 1.807) is 0 Å². The van der Waals surface area contributed by atoms with Gasteiger partial charge < -0.3 is 9.74 Å². The third kappa shape index (κ3) is 5.08. The molecule has 1 saturated carbocycles. The zero-order valence-corrected chi connectivity index (χ0v) is 17.1. The second kappa shape index (κ2) is 6.98. The van der Waals surface area contributed by atoms with Gasteiger partial charge in [0.1, 0.15) is 0 Å². The molecule has 0 aliphatic heterocycles. The molecular weight excluding hydrogens is 298 g/mol. The Labute approximate surface area is 144 Å². The van der Waals surface area contributed by atoms with Crippen LogP contribution in [0.25, 0.3) is 0 Å². The van der Waals surface area contributed by atoms with Crippen molar-refractivity contribution in [3.8, 4) is 0 Å². The second-order valence-corrected chi connectivity index (χ2v) is 13.6. The van der Waals surface area contributed by atoms with Gasteiger partial charge >= 0.3 is 0 Å². The predicted molar refractivity (Wildman–Crippen MR) is 104 cm³/mol. The maximum absolute atomic E-state index is 6.59. The minimum Gasteiger partial charge on any atom is -0.414 e. The Morgan fingerprint density at radius 3 is 1.96 bits per heavy atom. The highest BCUT2D eigenvalue weighted by molar-refractivity contribution is 6.74. The molecule has 3 heteroatoms. The summed E-state index contributed by atoms with van der Waals surface area (Å²) in [4.78, 5) is 0. The number of hydrogen-bond donors (Lipinski definition) is 1. The summed E-state index contributed by atoms with van der Waals surface area (Å²) in [6.45, 7) is 16.1. The van der Waals surface area contributed by atoms with Gasteiger partial charge in [-0.3, -0.25) is 0 Å². The Balaban J connectivity index is 1.87. The molecule has 23 heavy (non-hydrogen) atoms. The fourth-order valence-corrected chi connectivity index (χ4v) is 4.63. The van der Waals surface area contributed by atoms with Crippen LogP contribution >= 0.6 is 0 Å². The summed E-state index contributed by atoms with van der Waals surface area (Å²) >= 11 is 0. The lowest BCUT2D eigenvalue weighted by Gasteiger charge is -2.41. The van der Waals surface area contributed by atoms with E-state index in [0.29, 0.717) is 17.2 Å². The normalized spacial score (nSPS) is 22.9. The van der Waals surface area contributed by atoms with Crippen LogP contribution in [0.1, 0.15) is 57.6 Å². The molecule has 1 fully saturated rings. The first-order chi connectivity index (χ1) is 10.6. The van der Waals surface area contributed by atoms with Crippen LogP contribution in [-0.4, -0.2) is 20.5 Å². The molecule has 0 heterocycles. The molecule has 0 saturated heterocycles. The van der Waals surface area contributed by atoms with Crippen molar-refractivity contribution in [1.82, 2.24) is 0 Å². The van der Waals surface area contributed by atoms with E-state index in [4.69, 9.17) is 4.43 Å². The summed E-state index contributed by atoms with van der Waals surface area (Å²) in [6, 6.07) is 7.33. The number of benzene rings is 1. The average molecular weight is 334 g/mol. The average Bonchev–Trinajstić information content (AvgIpc) is 2.38. The van der Waals surface area contributed by atoms with Crippen LogP contribution in [0.15, 0.2) is 18.2 Å². The SMILES string of the molecule is Cc1cc(C)cc(NC2CCC(O[Si](C)(C)C(C)(C)C)CC2)c1. The van der Waals surface area contributed by atoms with Crippen molar-refractivity contribution >= 4 is 14.0 Å². The molecule has 2 nitrogen and oxygen atoms in total. The molecule has 0 spiro atoms. The van der Waals surface area contributed by atoms with E-state index in [0.717, 1.165) is 0 Å². The highest BCUT2D eigenvalue weighted by Crippen LogP contribution is 2.39. The minimum atomic E-state index is -1.62. The molecule has 1 N–H and O–H groups in total. The van der Waals surface area contributed by atoms with Crippen molar-refractivity contribution in [3.63, 3.8) is 0 Å². The molecule has 0 amide bonds. The van der Waals surface area contributed by atoms with Crippen LogP contribution in [-0.2, 0) is 4.43 Å². The van der Waals surface area contributed by atoms with E-state index in [9.17, 15) is 0 Å². The molecule has 1 aliphatic carbocycles. The van der Waals surface area contributed by atoms with Gasteiger partial charge in [-0.25, -0.2) is 0 Å². The van der Waals surface area contributed by atoms with E-state index < -0.39 is 8.32 Å². The molecule has 1 aromatic rings. The van der Waals surface area contributed by atoms with Gasteiger partial charge in [0.25, 0.3) is 0 Å². The maximum Gasteiger partial charge on any atom is 0.192 e. The van der Waals surface area contributed by atoms with Crippen molar-refractivity contribution in [1.29, 1.82) is 0 Å². The lowest BCUT2D eigenvalue weighted by Crippen LogP contribution is -2.45. The first kappa shape index (κ1) is 18.5. The summed E-state index contributed by atoms with van der Waals surface area (Å²) < 4.78 is 6.59. The largest absolute Gasteiger partial charge is 0.414 e. The summed E-state index contributed by atoms with van der Waals surface area (Å²) in [7, 11) is -1.62. The van der Waals surface area contributed by atoms with Crippen LogP contribution in [0.3, 0.4) is 0 Å². The van der Waals surface area contributed by atoms with Crippen molar-refractivity contribution in [2.75, 3.05) is 5.32 Å². The third-order valence-electron chi connectivity index (χ3n) is 5.53. The summed E-state index contributed by atoms with van der Waals surface area (Å²) in [5, 5.41) is 4.04. The van der Waals surface area contributed by atoms with Gasteiger partial charge in [-0.15, -0.1) is 0 Å². The van der Waals surface area contributed by atoms with E-state index in [2.05, 4.69) is 71.2 Å². The molecule has 130 valence electrons. The standard InChI is InChI=1S/C20H35NOSi/c1-15-12-16(2)14-18(13-15)21-17-8-10-19(11-9-17)22-23(6,7)20(3,4)5/h12-14,17,19,21H,8-11H2,1-7H3. The van der Waals surface area contributed by atoms with Gasteiger partial charge in [0.15, 0.2) is 8.32 Å². The summed E-state index contributed by atoms with van der Waals surface area (Å²) in [5.41, 5.74) is 3.95. The van der Waals surface area contributed by atoms with Gasteiger partial charge in [0, 0.05) is 17.8 Å². The Morgan fingerprint density at radius 1 is 0.957 bits per heavy atom. The number of aryl methyl sites for hydroxylation is 2. The van der Waals surface area contributed by atoms with E-state index in [-0.39, 0.29) is 0 Å². The number of anilines is 1. The predicted octanol–water partition coefficient (Wildman–Crippen LogP) is 6.05. The second-order valence-electron chi connectivity index (χ2n) is 8.87. The smallest absolute Gasteiger partial charge is 0.192 e. The van der Waals surface area contributed by atoms with Crippen molar-refractivity contribution in [2.45, 2.75) is 90.6 Å². The number of nitrogens with one attached hydrogen (secondary N) is 1. The van der Waals surface area contributed by atoms with Gasteiger partial charge in [0.2, 0.25) is 0 Å². The van der Waals surface area contributed by atoms with Crippen LogP contribution in [0, 0.1) is 13.8 Å². The van der Waals surface area contributed by atoms with Crippen molar-refractivity contribution in [3.05, 3.63) is 29.3 Å². The fourth-order valence-electron chi connectivity index (χ4n) is 3.21. The highest BCUT2D eigenvalue weighted by Gasteiger charge is 2.39. The van der Waals surface area contributed by atoms with Gasteiger partial charge in [-0.2, -0.15) is 0 Å². The zero-order chi connectivity index (χ0) is 17.3. The molecule has 0 bridgehead atoms. The van der Waals surface area contributed by atoms with Crippen molar-refractivity contribution < 1.29 is 4.43 Å². The van der Waals surface area contributed by atoms with Gasteiger partial charge in [0.05, 0.1) is 0 Å². The number of hydrogen-bond acceptors (Lipinski definition) is 2. The summed E-state index contributed by atoms with van der Waals surface area (Å²) in [5.74, 6) is 0. The molecule has 0 aromatic heterocycles. The maximum atomic E-state index is 6.59. The van der Waals surface area contributed by atoms with Crippen LogP contribution in [0.4, 0.5) is 5.69 Å². The Bertz CT molecular complexity index is 505.